The molecule has 11 heteroatoms. The van der Waals surface area contributed by atoms with Crippen molar-refractivity contribution < 1.29 is 18.0 Å². The fourth-order valence-corrected chi connectivity index (χ4v) is 2.91. The van der Waals surface area contributed by atoms with E-state index in [1.54, 1.807) is 6.07 Å². The molecule has 2 heterocycles. The zero-order valence-corrected chi connectivity index (χ0v) is 15.3. The molecule has 1 amide bonds. The Morgan fingerprint density at radius 2 is 2.00 bits per heavy atom. The van der Waals surface area contributed by atoms with Crippen LogP contribution in [0.3, 0.4) is 0 Å². The number of nitrogens with one attached hydrogen (secondary N) is 3. The van der Waals surface area contributed by atoms with Crippen LogP contribution >= 0.6 is 0 Å². The Bertz CT molecular complexity index is 1090. The standard InChI is InChI=1S/C18H18F3N7O/c1-9(29)24-13-6-11(4-5-12(13)18(19,20)21)26-16-7-14(25-10-2-3-10)17-23-8-15(22)28(17)27-16/h4-8,10,25H,2-3,22H2,1H3,(H,24,29)(H,26,27). The number of rotatable bonds is 5. The quantitative estimate of drug-likeness (QED) is 0.516. The summed E-state index contributed by atoms with van der Waals surface area (Å²) >= 11 is 0. The number of hydrogen-bond donors (Lipinski definition) is 4. The van der Waals surface area contributed by atoms with E-state index in [-0.39, 0.29) is 5.69 Å². The van der Waals surface area contributed by atoms with Crippen molar-refractivity contribution in [3.8, 4) is 0 Å². The first-order valence-corrected chi connectivity index (χ1v) is 8.87. The van der Waals surface area contributed by atoms with Crippen LogP contribution in [0.25, 0.3) is 5.65 Å². The lowest BCUT2D eigenvalue weighted by Crippen LogP contribution is -2.14. The van der Waals surface area contributed by atoms with Crippen LogP contribution in [0.5, 0.6) is 0 Å². The van der Waals surface area contributed by atoms with Gasteiger partial charge in [0.05, 0.1) is 23.1 Å². The van der Waals surface area contributed by atoms with Gasteiger partial charge in [-0.3, -0.25) is 4.79 Å². The lowest BCUT2D eigenvalue weighted by atomic mass is 10.1. The summed E-state index contributed by atoms with van der Waals surface area (Å²) in [5.41, 5.74) is 6.24. The first kappa shape index (κ1) is 18.8. The molecule has 29 heavy (non-hydrogen) atoms. The van der Waals surface area contributed by atoms with Crippen LogP contribution in [-0.2, 0) is 11.0 Å². The summed E-state index contributed by atoms with van der Waals surface area (Å²) in [6, 6.07) is 5.45. The minimum Gasteiger partial charge on any atom is -0.382 e. The molecule has 1 saturated carbocycles. The van der Waals surface area contributed by atoms with Gasteiger partial charge in [0.25, 0.3) is 0 Å². The summed E-state index contributed by atoms with van der Waals surface area (Å²) in [4.78, 5) is 15.6. The van der Waals surface area contributed by atoms with Crippen molar-refractivity contribution in [2.75, 3.05) is 21.7 Å². The van der Waals surface area contributed by atoms with E-state index in [0.29, 0.717) is 29.0 Å². The maximum atomic E-state index is 13.2. The van der Waals surface area contributed by atoms with Gasteiger partial charge in [-0.1, -0.05) is 0 Å². The second-order valence-electron chi connectivity index (χ2n) is 6.84. The normalized spacial score (nSPS) is 14.1. The van der Waals surface area contributed by atoms with E-state index in [4.69, 9.17) is 5.73 Å². The van der Waals surface area contributed by atoms with Crippen molar-refractivity contribution in [1.82, 2.24) is 14.6 Å². The van der Waals surface area contributed by atoms with E-state index in [1.165, 1.54) is 22.8 Å². The highest BCUT2D eigenvalue weighted by atomic mass is 19.4. The van der Waals surface area contributed by atoms with E-state index < -0.39 is 17.6 Å². The third-order valence-corrected chi connectivity index (χ3v) is 4.34. The number of fused-ring (bicyclic) bond motifs is 1. The van der Waals surface area contributed by atoms with E-state index in [1.807, 2.05) is 0 Å². The van der Waals surface area contributed by atoms with Crippen LogP contribution in [0.4, 0.5) is 41.9 Å². The van der Waals surface area contributed by atoms with Crippen LogP contribution in [0, 0.1) is 0 Å². The third-order valence-electron chi connectivity index (χ3n) is 4.34. The molecule has 5 N–H and O–H groups in total. The topological polar surface area (TPSA) is 109 Å². The minimum atomic E-state index is -4.60. The largest absolute Gasteiger partial charge is 0.418 e. The van der Waals surface area contributed by atoms with Crippen molar-refractivity contribution in [1.29, 1.82) is 0 Å². The predicted molar refractivity (Wildman–Crippen MR) is 103 cm³/mol. The van der Waals surface area contributed by atoms with Crippen LogP contribution in [-0.4, -0.2) is 26.5 Å². The second-order valence-corrected chi connectivity index (χ2v) is 6.84. The molecule has 1 aliphatic carbocycles. The fourth-order valence-electron chi connectivity index (χ4n) is 2.91. The summed E-state index contributed by atoms with van der Waals surface area (Å²) in [5.74, 6) is 0.0852. The first-order chi connectivity index (χ1) is 13.7. The number of alkyl halides is 3. The van der Waals surface area contributed by atoms with Crippen molar-refractivity contribution in [3.05, 3.63) is 36.0 Å². The van der Waals surface area contributed by atoms with Gasteiger partial charge in [0.2, 0.25) is 5.91 Å². The molecule has 0 saturated heterocycles. The Labute approximate surface area is 163 Å². The van der Waals surface area contributed by atoms with Gasteiger partial charge >= 0.3 is 6.18 Å². The van der Waals surface area contributed by atoms with Crippen LogP contribution in [0.1, 0.15) is 25.3 Å². The van der Waals surface area contributed by atoms with Gasteiger partial charge in [-0.2, -0.15) is 17.7 Å². The average Bonchev–Trinajstić information content (AvgIpc) is 3.35. The zero-order chi connectivity index (χ0) is 20.8. The Hall–Kier alpha value is -3.50. The lowest BCUT2D eigenvalue weighted by Gasteiger charge is -2.16. The number of nitrogens with two attached hydrogens (primary N) is 1. The van der Waals surface area contributed by atoms with Gasteiger partial charge < -0.3 is 21.7 Å². The molecule has 4 rings (SSSR count). The summed E-state index contributed by atoms with van der Waals surface area (Å²) in [5, 5.41) is 12.9. The number of amides is 1. The van der Waals surface area contributed by atoms with Crippen molar-refractivity contribution in [2.45, 2.75) is 32.0 Å². The number of imidazole rings is 1. The predicted octanol–water partition coefficient (Wildman–Crippen LogP) is 3.61. The summed E-state index contributed by atoms with van der Waals surface area (Å²) in [6.45, 7) is 1.15. The van der Waals surface area contributed by atoms with E-state index in [2.05, 4.69) is 26.0 Å². The molecule has 0 radical (unpaired) electrons. The van der Waals surface area contributed by atoms with E-state index >= 15 is 0 Å². The SMILES string of the molecule is CC(=O)Nc1cc(Nc2cc(NC3CC3)c3ncc(N)n3n2)ccc1C(F)(F)F. The van der Waals surface area contributed by atoms with Gasteiger partial charge in [0, 0.05) is 24.7 Å². The minimum absolute atomic E-state index is 0.324. The number of carbonyl (C=O) groups excluding carboxylic acids is 1. The number of nitrogen functional groups attached to an aromatic ring is 1. The Balaban J connectivity index is 1.70. The number of carbonyl (C=O) groups is 1. The van der Waals surface area contributed by atoms with Crippen LogP contribution < -0.4 is 21.7 Å². The average molecular weight is 405 g/mol. The molecule has 8 nitrogen and oxygen atoms in total. The molecule has 0 bridgehead atoms. The third kappa shape index (κ3) is 4.03. The highest BCUT2D eigenvalue weighted by Crippen LogP contribution is 2.37. The summed E-state index contributed by atoms with van der Waals surface area (Å²) in [7, 11) is 0. The van der Waals surface area contributed by atoms with Crippen molar-refractivity contribution in [2.24, 2.45) is 0 Å². The lowest BCUT2D eigenvalue weighted by molar-refractivity contribution is -0.136. The molecule has 1 aromatic carbocycles. The Kier molecular flexibility index (Phi) is 4.44. The summed E-state index contributed by atoms with van der Waals surface area (Å²) < 4.78 is 41.1. The smallest absolute Gasteiger partial charge is 0.382 e. The zero-order valence-electron chi connectivity index (χ0n) is 15.3. The van der Waals surface area contributed by atoms with Crippen molar-refractivity contribution >= 4 is 40.3 Å². The molecule has 1 fully saturated rings. The Morgan fingerprint density at radius 3 is 2.66 bits per heavy atom. The van der Waals surface area contributed by atoms with Gasteiger partial charge in [-0.15, -0.1) is 5.10 Å². The molecule has 2 aromatic heterocycles. The highest BCUT2D eigenvalue weighted by molar-refractivity contribution is 5.90. The maximum absolute atomic E-state index is 13.2. The molecule has 0 unspecified atom stereocenters. The number of aromatic nitrogens is 3. The van der Waals surface area contributed by atoms with Crippen LogP contribution in [0.2, 0.25) is 0 Å². The number of hydrogen-bond acceptors (Lipinski definition) is 6. The van der Waals surface area contributed by atoms with Crippen molar-refractivity contribution in [3.63, 3.8) is 0 Å². The Morgan fingerprint density at radius 1 is 1.24 bits per heavy atom. The number of halogens is 3. The molecular weight excluding hydrogens is 387 g/mol. The molecule has 0 spiro atoms. The maximum Gasteiger partial charge on any atom is 0.418 e. The van der Waals surface area contributed by atoms with Gasteiger partial charge in [0.15, 0.2) is 11.5 Å². The molecule has 152 valence electrons. The van der Waals surface area contributed by atoms with E-state index in [0.717, 1.165) is 31.5 Å². The van der Waals surface area contributed by atoms with Gasteiger partial charge in [0.1, 0.15) is 5.82 Å². The van der Waals surface area contributed by atoms with Gasteiger partial charge in [-0.25, -0.2) is 4.98 Å². The van der Waals surface area contributed by atoms with Gasteiger partial charge in [-0.05, 0) is 31.0 Å². The monoisotopic (exact) mass is 405 g/mol. The molecular formula is C18H18F3N7O. The number of anilines is 5. The highest BCUT2D eigenvalue weighted by Gasteiger charge is 2.34. The number of nitrogens with zero attached hydrogens (tertiary/aromatic N) is 3. The molecule has 1 aliphatic rings. The second kappa shape index (κ2) is 6.83. The van der Waals surface area contributed by atoms with E-state index in [9.17, 15) is 18.0 Å². The molecule has 3 aromatic rings. The first-order valence-electron chi connectivity index (χ1n) is 8.87. The number of benzene rings is 1. The summed E-state index contributed by atoms with van der Waals surface area (Å²) in [6.07, 6.45) is -1.02. The fraction of sp³-hybridized carbons (Fsp3) is 0.278. The van der Waals surface area contributed by atoms with Crippen LogP contribution in [0.15, 0.2) is 30.5 Å². The molecule has 0 atom stereocenters. The molecule has 0 aliphatic heterocycles.